The van der Waals surface area contributed by atoms with Crippen LogP contribution in [0.5, 0.6) is 0 Å². The van der Waals surface area contributed by atoms with E-state index >= 15 is 0 Å². The van der Waals surface area contributed by atoms with Crippen LogP contribution in [0.3, 0.4) is 0 Å². The van der Waals surface area contributed by atoms with Gasteiger partial charge in [-0.2, -0.15) is 0 Å². The molecule has 106 valence electrons. The largest absolute Gasteiger partial charge is 0.381 e. The lowest BCUT2D eigenvalue weighted by molar-refractivity contribution is 0.0263. The first-order valence-corrected chi connectivity index (χ1v) is 7.72. The van der Waals surface area contributed by atoms with Crippen LogP contribution in [-0.4, -0.2) is 43.8 Å². The van der Waals surface area contributed by atoms with Gasteiger partial charge in [-0.15, -0.1) is 0 Å². The fourth-order valence-electron chi connectivity index (χ4n) is 3.36. The summed E-state index contributed by atoms with van der Waals surface area (Å²) in [6.45, 7) is 10.1. The van der Waals surface area contributed by atoms with Gasteiger partial charge in [-0.1, -0.05) is 13.8 Å². The highest BCUT2D eigenvalue weighted by atomic mass is 16.5. The Balaban J connectivity index is 1.79. The van der Waals surface area contributed by atoms with E-state index in [2.05, 4.69) is 18.7 Å². The fraction of sp³-hybridized carbons (Fsp3) is 1.00. The minimum Gasteiger partial charge on any atom is -0.381 e. The SMILES string of the molecule is CC(C)C1CCCN(CC2COCCC2N)CC1. The lowest BCUT2D eigenvalue weighted by Gasteiger charge is -2.33. The second-order valence-electron chi connectivity index (χ2n) is 6.52. The highest BCUT2D eigenvalue weighted by Crippen LogP contribution is 2.25. The third-order valence-electron chi connectivity index (χ3n) is 4.83. The Hall–Kier alpha value is -0.120. The third kappa shape index (κ3) is 3.94. The molecule has 0 aromatic heterocycles. The van der Waals surface area contributed by atoms with Gasteiger partial charge >= 0.3 is 0 Å². The molecule has 3 nitrogen and oxygen atoms in total. The Labute approximate surface area is 112 Å². The standard InChI is InChI=1S/C15H30N2O/c1-12(2)13-4-3-7-17(8-5-13)10-14-11-18-9-6-15(14)16/h12-15H,3-11,16H2,1-2H3. The Morgan fingerprint density at radius 1 is 1.22 bits per heavy atom. The maximum absolute atomic E-state index is 6.20. The van der Waals surface area contributed by atoms with Gasteiger partial charge in [0.05, 0.1) is 6.61 Å². The van der Waals surface area contributed by atoms with Gasteiger partial charge in [-0.05, 0) is 50.6 Å². The summed E-state index contributed by atoms with van der Waals surface area (Å²) in [6.07, 6.45) is 5.15. The molecule has 3 atom stereocenters. The van der Waals surface area contributed by atoms with Crippen LogP contribution in [0.4, 0.5) is 0 Å². The molecule has 0 amide bonds. The zero-order valence-corrected chi connectivity index (χ0v) is 12.1. The zero-order valence-electron chi connectivity index (χ0n) is 12.1. The Morgan fingerprint density at radius 3 is 2.78 bits per heavy atom. The number of nitrogens with zero attached hydrogens (tertiary/aromatic N) is 1. The van der Waals surface area contributed by atoms with Crippen LogP contribution < -0.4 is 5.73 Å². The maximum Gasteiger partial charge on any atom is 0.0521 e. The van der Waals surface area contributed by atoms with Crippen molar-refractivity contribution in [2.75, 3.05) is 32.8 Å². The second kappa shape index (κ2) is 6.88. The average Bonchev–Trinajstić information content (AvgIpc) is 2.58. The van der Waals surface area contributed by atoms with E-state index in [1.807, 2.05) is 0 Å². The van der Waals surface area contributed by atoms with E-state index in [0.717, 1.165) is 38.0 Å². The van der Waals surface area contributed by atoms with Crippen molar-refractivity contribution in [2.45, 2.75) is 45.6 Å². The van der Waals surface area contributed by atoms with Gasteiger partial charge in [0.15, 0.2) is 0 Å². The first-order valence-electron chi connectivity index (χ1n) is 7.72. The van der Waals surface area contributed by atoms with Gasteiger partial charge in [0.2, 0.25) is 0 Å². The Bertz CT molecular complexity index is 245. The molecule has 0 radical (unpaired) electrons. The minimum absolute atomic E-state index is 0.350. The van der Waals surface area contributed by atoms with Crippen molar-refractivity contribution in [3.8, 4) is 0 Å². The third-order valence-corrected chi connectivity index (χ3v) is 4.83. The topological polar surface area (TPSA) is 38.5 Å². The molecular formula is C15H30N2O. The van der Waals surface area contributed by atoms with Crippen molar-refractivity contribution in [3.05, 3.63) is 0 Å². The van der Waals surface area contributed by atoms with Crippen molar-refractivity contribution in [1.82, 2.24) is 4.90 Å². The van der Waals surface area contributed by atoms with Crippen molar-refractivity contribution in [1.29, 1.82) is 0 Å². The number of ether oxygens (including phenoxy) is 1. The van der Waals surface area contributed by atoms with Crippen LogP contribution in [0.15, 0.2) is 0 Å². The van der Waals surface area contributed by atoms with Gasteiger partial charge in [0, 0.05) is 25.1 Å². The van der Waals surface area contributed by atoms with Crippen LogP contribution in [-0.2, 0) is 4.74 Å². The quantitative estimate of drug-likeness (QED) is 0.838. The van der Waals surface area contributed by atoms with Gasteiger partial charge in [0.1, 0.15) is 0 Å². The Morgan fingerprint density at radius 2 is 2.06 bits per heavy atom. The van der Waals surface area contributed by atoms with Gasteiger partial charge in [-0.3, -0.25) is 0 Å². The van der Waals surface area contributed by atoms with E-state index in [9.17, 15) is 0 Å². The van der Waals surface area contributed by atoms with Crippen LogP contribution in [0.25, 0.3) is 0 Å². The summed E-state index contributed by atoms with van der Waals surface area (Å²) in [5.74, 6) is 2.31. The average molecular weight is 254 g/mol. The van der Waals surface area contributed by atoms with Crippen molar-refractivity contribution < 1.29 is 4.74 Å². The first kappa shape index (κ1) is 14.3. The summed E-state index contributed by atoms with van der Waals surface area (Å²) in [4.78, 5) is 2.63. The summed E-state index contributed by atoms with van der Waals surface area (Å²) in [7, 11) is 0. The summed E-state index contributed by atoms with van der Waals surface area (Å²) in [5.41, 5.74) is 6.20. The summed E-state index contributed by atoms with van der Waals surface area (Å²) in [5, 5.41) is 0. The second-order valence-corrected chi connectivity index (χ2v) is 6.52. The van der Waals surface area contributed by atoms with Crippen LogP contribution in [0.2, 0.25) is 0 Å². The van der Waals surface area contributed by atoms with E-state index < -0.39 is 0 Å². The molecule has 3 heteroatoms. The Kier molecular flexibility index (Phi) is 5.46. The number of likely N-dealkylation sites (tertiary alicyclic amines) is 1. The molecule has 2 saturated heterocycles. The predicted octanol–water partition coefficient (Wildman–Crippen LogP) is 2.11. The first-order chi connectivity index (χ1) is 8.66. The lowest BCUT2D eigenvalue weighted by Crippen LogP contribution is -2.45. The normalized spacial score (nSPS) is 35.7. The molecule has 2 rings (SSSR count). The van der Waals surface area contributed by atoms with Crippen LogP contribution in [0.1, 0.15) is 39.5 Å². The van der Waals surface area contributed by atoms with Gasteiger partial charge in [0.25, 0.3) is 0 Å². The molecule has 0 saturated carbocycles. The summed E-state index contributed by atoms with van der Waals surface area (Å²) >= 11 is 0. The highest BCUT2D eigenvalue weighted by Gasteiger charge is 2.26. The molecule has 2 aliphatic rings. The van der Waals surface area contributed by atoms with Crippen molar-refractivity contribution >= 4 is 0 Å². The molecule has 2 fully saturated rings. The van der Waals surface area contributed by atoms with Crippen LogP contribution in [0, 0.1) is 17.8 Å². The molecule has 3 unspecified atom stereocenters. The smallest absolute Gasteiger partial charge is 0.0521 e. The predicted molar refractivity (Wildman–Crippen MR) is 75.5 cm³/mol. The zero-order chi connectivity index (χ0) is 13.0. The van der Waals surface area contributed by atoms with E-state index in [0.29, 0.717) is 12.0 Å². The monoisotopic (exact) mass is 254 g/mol. The van der Waals surface area contributed by atoms with Crippen molar-refractivity contribution in [3.63, 3.8) is 0 Å². The van der Waals surface area contributed by atoms with E-state index in [1.54, 1.807) is 0 Å². The molecule has 2 aliphatic heterocycles. The maximum atomic E-state index is 6.20. The molecular weight excluding hydrogens is 224 g/mol. The van der Waals surface area contributed by atoms with Crippen molar-refractivity contribution in [2.24, 2.45) is 23.5 Å². The number of nitrogens with two attached hydrogens (primary N) is 1. The fourth-order valence-corrected chi connectivity index (χ4v) is 3.36. The molecule has 0 spiro atoms. The summed E-state index contributed by atoms with van der Waals surface area (Å²) in [6, 6.07) is 0.350. The summed E-state index contributed by atoms with van der Waals surface area (Å²) < 4.78 is 5.58. The molecule has 2 N–H and O–H groups in total. The molecule has 0 aromatic carbocycles. The molecule has 0 bridgehead atoms. The lowest BCUT2D eigenvalue weighted by atomic mass is 9.89. The van der Waals surface area contributed by atoms with Gasteiger partial charge in [-0.25, -0.2) is 0 Å². The molecule has 2 heterocycles. The molecule has 18 heavy (non-hydrogen) atoms. The minimum atomic E-state index is 0.350. The number of rotatable bonds is 3. The number of hydrogen-bond acceptors (Lipinski definition) is 3. The molecule has 0 aliphatic carbocycles. The molecule has 0 aromatic rings. The van der Waals surface area contributed by atoms with E-state index in [1.165, 1.54) is 32.4 Å². The van der Waals surface area contributed by atoms with Gasteiger partial charge < -0.3 is 15.4 Å². The van der Waals surface area contributed by atoms with E-state index in [4.69, 9.17) is 10.5 Å². The highest BCUT2D eigenvalue weighted by molar-refractivity contribution is 4.81. The van der Waals surface area contributed by atoms with E-state index in [-0.39, 0.29) is 0 Å². The number of hydrogen-bond donors (Lipinski definition) is 1. The van der Waals surface area contributed by atoms with Crippen LogP contribution >= 0.6 is 0 Å².